The lowest BCUT2D eigenvalue weighted by Crippen LogP contribution is -2.55. The highest BCUT2D eigenvalue weighted by Gasteiger charge is 2.33. The minimum Gasteiger partial charge on any atom is -0.308 e. The molecule has 1 N–H and O–H groups in total. The Kier molecular flexibility index (Phi) is 3.55. The Morgan fingerprint density at radius 3 is 2.72 bits per heavy atom. The van der Waals surface area contributed by atoms with Crippen LogP contribution in [0.3, 0.4) is 0 Å². The molecule has 18 heavy (non-hydrogen) atoms. The summed E-state index contributed by atoms with van der Waals surface area (Å²) in [5.41, 5.74) is 1.05. The van der Waals surface area contributed by atoms with Gasteiger partial charge in [-0.3, -0.25) is 0 Å². The molecule has 98 valence electrons. The predicted molar refractivity (Wildman–Crippen MR) is 71.2 cm³/mol. The van der Waals surface area contributed by atoms with Crippen LogP contribution in [0.4, 0.5) is 4.39 Å². The third-order valence-corrected chi connectivity index (χ3v) is 4.50. The van der Waals surface area contributed by atoms with Crippen LogP contribution in [0.2, 0.25) is 5.02 Å². The molecule has 4 heteroatoms. The second kappa shape index (κ2) is 5.16. The van der Waals surface area contributed by atoms with Crippen molar-refractivity contribution in [1.29, 1.82) is 0 Å². The van der Waals surface area contributed by atoms with E-state index in [0.717, 1.165) is 24.6 Å². The number of hydrogen-bond donors (Lipinski definition) is 1. The fourth-order valence-corrected chi connectivity index (χ4v) is 3.30. The Labute approximate surface area is 112 Å². The van der Waals surface area contributed by atoms with Crippen LogP contribution in [0.25, 0.3) is 0 Å². The van der Waals surface area contributed by atoms with Crippen molar-refractivity contribution in [3.05, 3.63) is 34.6 Å². The van der Waals surface area contributed by atoms with Crippen LogP contribution in [0, 0.1) is 11.7 Å². The Hall–Kier alpha value is -0.640. The Bertz CT molecular complexity index is 430. The van der Waals surface area contributed by atoms with Crippen molar-refractivity contribution in [2.45, 2.75) is 25.4 Å². The van der Waals surface area contributed by atoms with Crippen molar-refractivity contribution >= 4 is 11.6 Å². The van der Waals surface area contributed by atoms with Gasteiger partial charge in [0.05, 0.1) is 5.02 Å². The van der Waals surface area contributed by atoms with E-state index in [9.17, 15) is 4.39 Å². The van der Waals surface area contributed by atoms with Crippen molar-refractivity contribution in [2.75, 3.05) is 19.6 Å². The third-order valence-electron chi connectivity index (χ3n) is 4.21. The van der Waals surface area contributed by atoms with E-state index in [2.05, 4.69) is 10.2 Å². The van der Waals surface area contributed by atoms with Gasteiger partial charge in [0.15, 0.2) is 0 Å². The highest BCUT2D eigenvalue weighted by atomic mass is 35.5. The van der Waals surface area contributed by atoms with Gasteiger partial charge in [-0.15, -0.1) is 0 Å². The summed E-state index contributed by atoms with van der Waals surface area (Å²) in [5.74, 6) is 0.467. The monoisotopic (exact) mass is 268 g/mol. The fourth-order valence-electron chi connectivity index (χ4n) is 3.09. The van der Waals surface area contributed by atoms with E-state index in [-0.39, 0.29) is 10.8 Å². The van der Waals surface area contributed by atoms with Crippen molar-refractivity contribution in [3.63, 3.8) is 0 Å². The second-order valence-electron chi connectivity index (χ2n) is 5.37. The normalized spacial score (nSPS) is 30.7. The van der Waals surface area contributed by atoms with Crippen LogP contribution in [0.15, 0.2) is 18.2 Å². The van der Waals surface area contributed by atoms with Gasteiger partial charge in [-0.1, -0.05) is 17.7 Å². The topological polar surface area (TPSA) is 15.3 Å². The zero-order valence-corrected chi connectivity index (χ0v) is 11.1. The maximum Gasteiger partial charge on any atom is 0.141 e. The number of piperidine rings is 3. The Balaban J connectivity index is 1.59. The van der Waals surface area contributed by atoms with Crippen molar-refractivity contribution in [1.82, 2.24) is 10.2 Å². The van der Waals surface area contributed by atoms with Gasteiger partial charge in [-0.2, -0.15) is 0 Å². The quantitative estimate of drug-likeness (QED) is 0.907. The lowest BCUT2D eigenvalue weighted by atomic mass is 9.84. The van der Waals surface area contributed by atoms with E-state index < -0.39 is 0 Å². The highest BCUT2D eigenvalue weighted by Crippen LogP contribution is 2.27. The maximum absolute atomic E-state index is 13.1. The molecule has 0 amide bonds. The molecule has 2 nitrogen and oxygen atoms in total. The molecule has 3 heterocycles. The van der Waals surface area contributed by atoms with Gasteiger partial charge in [0.25, 0.3) is 0 Å². The van der Waals surface area contributed by atoms with Crippen LogP contribution in [-0.2, 0) is 6.54 Å². The van der Waals surface area contributed by atoms with E-state index in [0.29, 0.717) is 6.04 Å². The summed E-state index contributed by atoms with van der Waals surface area (Å²) in [7, 11) is 0. The third kappa shape index (κ3) is 2.53. The van der Waals surface area contributed by atoms with E-state index in [1.807, 2.05) is 0 Å². The lowest BCUT2D eigenvalue weighted by Gasteiger charge is -2.45. The predicted octanol–water partition coefficient (Wildman–Crippen LogP) is 2.66. The van der Waals surface area contributed by atoms with Crippen molar-refractivity contribution < 1.29 is 4.39 Å². The number of rotatable bonds is 3. The van der Waals surface area contributed by atoms with E-state index in [1.165, 1.54) is 32.0 Å². The number of halogens is 2. The molecular formula is C14H18ClFN2. The second-order valence-corrected chi connectivity index (χ2v) is 5.78. The van der Waals surface area contributed by atoms with Crippen LogP contribution >= 0.6 is 11.6 Å². The molecule has 0 radical (unpaired) electrons. The molecule has 1 aromatic carbocycles. The van der Waals surface area contributed by atoms with E-state index in [4.69, 9.17) is 11.6 Å². The van der Waals surface area contributed by atoms with Crippen molar-refractivity contribution in [2.24, 2.45) is 5.92 Å². The van der Waals surface area contributed by atoms with Gasteiger partial charge in [0.2, 0.25) is 0 Å². The first-order valence-electron chi connectivity index (χ1n) is 6.62. The zero-order chi connectivity index (χ0) is 12.5. The van der Waals surface area contributed by atoms with Gasteiger partial charge >= 0.3 is 0 Å². The molecule has 1 aromatic rings. The first-order chi connectivity index (χ1) is 8.72. The van der Waals surface area contributed by atoms with Gasteiger partial charge < -0.3 is 10.2 Å². The van der Waals surface area contributed by atoms with E-state index >= 15 is 0 Å². The average molecular weight is 269 g/mol. The minimum absolute atomic E-state index is 0.211. The molecule has 0 aliphatic carbocycles. The summed E-state index contributed by atoms with van der Waals surface area (Å²) in [6.07, 6.45) is 2.61. The molecule has 3 fully saturated rings. The van der Waals surface area contributed by atoms with Crippen molar-refractivity contribution in [3.8, 4) is 0 Å². The summed E-state index contributed by atoms with van der Waals surface area (Å²) in [6.45, 7) is 4.44. The van der Waals surface area contributed by atoms with Crippen LogP contribution in [-0.4, -0.2) is 30.6 Å². The molecule has 0 saturated carbocycles. The molecule has 1 unspecified atom stereocenters. The summed E-state index contributed by atoms with van der Waals surface area (Å²) in [5, 5.41) is 3.80. The molecule has 3 aliphatic heterocycles. The molecule has 1 atom stereocenters. The zero-order valence-electron chi connectivity index (χ0n) is 10.3. The fraction of sp³-hybridized carbons (Fsp3) is 0.571. The average Bonchev–Trinajstić information content (AvgIpc) is 2.41. The number of benzene rings is 1. The summed E-state index contributed by atoms with van der Waals surface area (Å²) in [6, 6.07) is 5.53. The molecule has 4 rings (SSSR count). The number of hydrogen-bond acceptors (Lipinski definition) is 2. The molecule has 3 aliphatic rings. The number of nitrogens with zero attached hydrogens (tertiary/aromatic N) is 1. The summed E-state index contributed by atoms with van der Waals surface area (Å²) >= 11 is 5.79. The Morgan fingerprint density at radius 1 is 1.33 bits per heavy atom. The Morgan fingerprint density at radius 2 is 2.11 bits per heavy atom. The van der Waals surface area contributed by atoms with Crippen LogP contribution in [0.1, 0.15) is 18.4 Å². The maximum atomic E-state index is 13.1. The molecule has 0 spiro atoms. The lowest BCUT2D eigenvalue weighted by molar-refractivity contribution is 0.0720. The number of nitrogens with one attached hydrogen (secondary N) is 1. The van der Waals surface area contributed by atoms with Gasteiger partial charge in [-0.05, 0) is 49.5 Å². The number of fused-ring (bicyclic) bond motifs is 3. The van der Waals surface area contributed by atoms with Crippen LogP contribution in [0.5, 0.6) is 0 Å². The van der Waals surface area contributed by atoms with Gasteiger partial charge in [0.1, 0.15) is 5.82 Å². The first kappa shape index (κ1) is 12.4. The SMILES string of the molecule is Fc1ccc(CNC2CN3CCC2CC3)cc1Cl. The van der Waals surface area contributed by atoms with Crippen LogP contribution < -0.4 is 5.32 Å². The molecule has 0 aromatic heterocycles. The smallest absolute Gasteiger partial charge is 0.141 e. The molecule has 2 bridgehead atoms. The summed E-state index contributed by atoms with van der Waals surface area (Å²) < 4.78 is 13.1. The molecular weight excluding hydrogens is 251 g/mol. The van der Waals surface area contributed by atoms with Gasteiger partial charge in [0, 0.05) is 19.1 Å². The molecule has 3 saturated heterocycles. The first-order valence-corrected chi connectivity index (χ1v) is 7.00. The van der Waals surface area contributed by atoms with E-state index in [1.54, 1.807) is 12.1 Å². The minimum atomic E-state index is -0.344. The largest absolute Gasteiger partial charge is 0.308 e. The highest BCUT2D eigenvalue weighted by molar-refractivity contribution is 6.30. The van der Waals surface area contributed by atoms with Gasteiger partial charge in [-0.25, -0.2) is 4.39 Å². The summed E-state index contributed by atoms with van der Waals surface area (Å²) in [4.78, 5) is 2.52. The standard InChI is InChI=1S/C14H18ClFN2/c15-12-7-10(1-2-13(12)16)8-17-14-9-18-5-3-11(14)4-6-18/h1-2,7,11,14,17H,3-6,8-9H2.